The first-order valence-corrected chi connectivity index (χ1v) is 11.3. The van der Waals surface area contributed by atoms with Gasteiger partial charge in [-0.3, -0.25) is 13.7 Å². The van der Waals surface area contributed by atoms with Gasteiger partial charge in [0.15, 0.2) is 0 Å². The van der Waals surface area contributed by atoms with Crippen LogP contribution in [0.2, 0.25) is 0 Å². The van der Waals surface area contributed by atoms with E-state index in [-0.39, 0.29) is 12.3 Å². The average molecular weight is 425 g/mol. The van der Waals surface area contributed by atoms with E-state index in [0.29, 0.717) is 24.7 Å². The van der Waals surface area contributed by atoms with Crippen LogP contribution in [0.15, 0.2) is 48.7 Å². The van der Waals surface area contributed by atoms with Gasteiger partial charge in [-0.05, 0) is 42.3 Å². The van der Waals surface area contributed by atoms with Crippen molar-refractivity contribution in [1.29, 1.82) is 0 Å². The van der Waals surface area contributed by atoms with Gasteiger partial charge < -0.3 is 9.84 Å². The minimum Gasteiger partial charge on any atom is -0.489 e. The quantitative estimate of drug-likeness (QED) is 0.531. The Morgan fingerprint density at radius 1 is 1.27 bits per heavy atom. The summed E-state index contributed by atoms with van der Waals surface area (Å²) in [5.41, 5.74) is 2.89. The fourth-order valence-electron chi connectivity index (χ4n) is 3.18. The van der Waals surface area contributed by atoms with Crippen LogP contribution < -0.4 is 4.74 Å². The standard InChI is InChI=1S/C23H24N2O4S/c1-3-4-19(14-23(26)27)18-6-8-21(9-7-18)29-16-17-5-10-22-20(13-17)15-24-25(22)11-12-30(2)28/h5-10,13,15,19H,11-12,14,16H2,1-2H3,(H,26,27)/t19?,30-/m0/s1. The third kappa shape index (κ3) is 5.71. The molecule has 0 spiro atoms. The van der Waals surface area contributed by atoms with Gasteiger partial charge in [0.05, 0.1) is 30.6 Å². The predicted molar refractivity (Wildman–Crippen MR) is 118 cm³/mol. The van der Waals surface area contributed by atoms with Crippen molar-refractivity contribution < 1.29 is 18.8 Å². The molecule has 0 radical (unpaired) electrons. The molecule has 2 atom stereocenters. The second kappa shape index (κ2) is 10.1. The number of benzene rings is 2. The molecule has 3 aromatic rings. The van der Waals surface area contributed by atoms with Gasteiger partial charge in [0.25, 0.3) is 0 Å². The monoisotopic (exact) mass is 424 g/mol. The smallest absolute Gasteiger partial charge is 0.304 e. The summed E-state index contributed by atoms with van der Waals surface area (Å²) in [5, 5.41) is 14.4. The van der Waals surface area contributed by atoms with Crippen molar-refractivity contribution in [2.75, 3.05) is 12.0 Å². The van der Waals surface area contributed by atoms with E-state index in [9.17, 15) is 9.00 Å². The van der Waals surface area contributed by atoms with E-state index in [1.54, 1.807) is 13.2 Å². The normalized spacial score (nSPS) is 12.7. The summed E-state index contributed by atoms with van der Waals surface area (Å²) in [5.74, 6) is 5.83. The van der Waals surface area contributed by atoms with Crippen molar-refractivity contribution in [2.45, 2.75) is 32.4 Å². The summed E-state index contributed by atoms with van der Waals surface area (Å²) in [6, 6.07) is 13.4. The lowest BCUT2D eigenvalue weighted by Crippen LogP contribution is -2.07. The molecule has 0 saturated carbocycles. The summed E-state index contributed by atoms with van der Waals surface area (Å²) in [6.45, 7) is 2.74. The lowest BCUT2D eigenvalue weighted by Gasteiger charge is -2.11. The lowest BCUT2D eigenvalue weighted by atomic mass is 9.96. The maximum Gasteiger partial charge on any atom is 0.304 e. The van der Waals surface area contributed by atoms with Crippen LogP contribution >= 0.6 is 0 Å². The van der Waals surface area contributed by atoms with E-state index >= 15 is 0 Å². The summed E-state index contributed by atoms with van der Waals surface area (Å²) in [4.78, 5) is 11.0. The molecule has 30 heavy (non-hydrogen) atoms. The Labute approximate surface area is 178 Å². The molecule has 1 unspecified atom stereocenters. The first-order valence-electron chi connectivity index (χ1n) is 9.57. The maximum absolute atomic E-state index is 11.3. The van der Waals surface area contributed by atoms with E-state index in [4.69, 9.17) is 9.84 Å². The molecule has 3 rings (SSSR count). The summed E-state index contributed by atoms with van der Waals surface area (Å²) < 4.78 is 19.1. The molecule has 0 aliphatic heterocycles. The molecule has 0 bridgehead atoms. The number of hydrogen-bond acceptors (Lipinski definition) is 4. The molecule has 2 aromatic carbocycles. The second-order valence-electron chi connectivity index (χ2n) is 6.94. The van der Waals surface area contributed by atoms with Gasteiger partial charge in [-0.25, -0.2) is 0 Å². The number of aliphatic carboxylic acids is 1. The SMILES string of the molecule is CC#CC(CC(=O)O)c1ccc(OCc2ccc3c(cnn3CC[S@](C)=O)c2)cc1. The minimum absolute atomic E-state index is 0.0249. The molecule has 0 fully saturated rings. The van der Waals surface area contributed by atoms with Crippen LogP contribution in [0, 0.1) is 11.8 Å². The molecule has 1 heterocycles. The van der Waals surface area contributed by atoms with Crippen molar-refractivity contribution in [2.24, 2.45) is 0 Å². The van der Waals surface area contributed by atoms with E-state index in [2.05, 4.69) is 16.9 Å². The predicted octanol–water partition coefficient (Wildman–Crippen LogP) is 3.58. The fourth-order valence-corrected chi connectivity index (χ4v) is 3.61. The Morgan fingerprint density at radius 3 is 2.70 bits per heavy atom. The Balaban J connectivity index is 1.64. The van der Waals surface area contributed by atoms with Crippen LogP contribution in [0.25, 0.3) is 10.9 Å². The number of aromatic nitrogens is 2. The highest BCUT2D eigenvalue weighted by Crippen LogP contribution is 2.23. The third-order valence-corrected chi connectivity index (χ3v) is 5.44. The summed E-state index contributed by atoms with van der Waals surface area (Å²) >= 11 is 0. The lowest BCUT2D eigenvalue weighted by molar-refractivity contribution is -0.137. The van der Waals surface area contributed by atoms with E-state index < -0.39 is 16.8 Å². The van der Waals surface area contributed by atoms with Crippen molar-refractivity contribution in [3.63, 3.8) is 0 Å². The fraction of sp³-hybridized carbons (Fsp3) is 0.304. The number of rotatable bonds is 9. The van der Waals surface area contributed by atoms with Gasteiger partial charge in [0.2, 0.25) is 0 Å². The highest BCUT2D eigenvalue weighted by molar-refractivity contribution is 7.84. The highest BCUT2D eigenvalue weighted by Gasteiger charge is 2.13. The van der Waals surface area contributed by atoms with E-state index in [1.165, 1.54) is 0 Å². The van der Waals surface area contributed by atoms with Gasteiger partial charge in [-0.15, -0.1) is 5.92 Å². The molecule has 156 valence electrons. The molecule has 6 nitrogen and oxygen atoms in total. The molecule has 0 amide bonds. The van der Waals surface area contributed by atoms with Crippen molar-refractivity contribution in [1.82, 2.24) is 9.78 Å². The third-order valence-electron chi connectivity index (χ3n) is 4.68. The van der Waals surface area contributed by atoms with Crippen molar-refractivity contribution in [3.05, 3.63) is 59.8 Å². The van der Waals surface area contributed by atoms with Gasteiger partial charge in [-0.1, -0.05) is 24.1 Å². The Hall–Kier alpha value is -3.11. The summed E-state index contributed by atoms with van der Waals surface area (Å²) in [6.07, 6.45) is 3.48. The number of carbonyl (C=O) groups is 1. The van der Waals surface area contributed by atoms with Gasteiger partial charge >= 0.3 is 5.97 Å². The number of fused-ring (bicyclic) bond motifs is 1. The average Bonchev–Trinajstić information content (AvgIpc) is 3.13. The first kappa shape index (κ1) is 21.6. The molecule has 0 aliphatic rings. The van der Waals surface area contributed by atoms with Crippen LogP contribution in [0.1, 0.15) is 30.4 Å². The van der Waals surface area contributed by atoms with Gasteiger partial charge in [-0.2, -0.15) is 5.10 Å². The maximum atomic E-state index is 11.3. The Kier molecular flexibility index (Phi) is 7.26. The van der Waals surface area contributed by atoms with Crippen LogP contribution in [0.4, 0.5) is 0 Å². The van der Waals surface area contributed by atoms with Crippen molar-refractivity contribution in [3.8, 4) is 17.6 Å². The Bertz CT molecular complexity index is 1110. The van der Waals surface area contributed by atoms with Crippen LogP contribution in [0.5, 0.6) is 5.75 Å². The number of carboxylic acids is 1. The topological polar surface area (TPSA) is 81.4 Å². The van der Waals surface area contributed by atoms with Crippen LogP contribution in [-0.2, 0) is 28.7 Å². The number of hydrogen-bond donors (Lipinski definition) is 1. The van der Waals surface area contributed by atoms with Gasteiger partial charge in [0.1, 0.15) is 12.4 Å². The van der Waals surface area contributed by atoms with Crippen molar-refractivity contribution >= 4 is 27.7 Å². The van der Waals surface area contributed by atoms with Gasteiger partial charge in [0, 0.05) is 28.2 Å². The number of nitrogens with zero attached hydrogens (tertiary/aromatic N) is 2. The first-order chi connectivity index (χ1) is 14.5. The summed E-state index contributed by atoms with van der Waals surface area (Å²) in [7, 11) is -0.848. The second-order valence-corrected chi connectivity index (χ2v) is 8.50. The minimum atomic E-state index is -0.871. The van der Waals surface area contributed by atoms with E-state index in [1.807, 2.05) is 53.3 Å². The molecule has 0 saturated heterocycles. The number of carboxylic acid groups (broad SMARTS) is 1. The van der Waals surface area contributed by atoms with Crippen LogP contribution in [-0.4, -0.2) is 37.1 Å². The van der Waals surface area contributed by atoms with E-state index in [0.717, 1.165) is 22.0 Å². The zero-order valence-electron chi connectivity index (χ0n) is 17.0. The zero-order chi connectivity index (χ0) is 21.5. The molecular formula is C23H24N2O4S. The molecule has 1 N–H and O–H groups in total. The molecular weight excluding hydrogens is 400 g/mol. The Morgan fingerprint density at radius 2 is 2.03 bits per heavy atom. The molecule has 7 heteroatoms. The zero-order valence-corrected chi connectivity index (χ0v) is 17.8. The number of ether oxygens (including phenoxy) is 1. The highest BCUT2D eigenvalue weighted by atomic mass is 32.2. The molecule has 0 aliphatic carbocycles. The molecule has 1 aromatic heterocycles. The number of aryl methyl sites for hydroxylation is 1. The van der Waals surface area contributed by atoms with Crippen LogP contribution in [0.3, 0.4) is 0 Å². The largest absolute Gasteiger partial charge is 0.489 e.